The number of halogens is 4. The van der Waals surface area contributed by atoms with Crippen LogP contribution in [-0.2, 0) is 14.8 Å². The molecule has 44 heavy (non-hydrogen) atoms. The SMILES string of the molecule is COC(=O)c1cccc(S(=O)(=O)N[C@H]2CC3=C(c4ccn(C(F)F)n4)[C@H](c4ccc(F)cc4Cl)N=C(c4nccs4)N3C2)c1. The fraction of sp³-hybridized carbons (Fsp3) is 0.214. The monoisotopic (exact) mass is 662 g/mol. The number of alkyl halides is 2. The number of nitrogens with zero attached hydrogens (tertiary/aromatic N) is 5. The molecule has 0 spiro atoms. The number of fused-ring (bicyclic) bond motifs is 1. The lowest BCUT2D eigenvalue weighted by Crippen LogP contribution is -2.39. The van der Waals surface area contributed by atoms with E-state index in [0.717, 1.165) is 12.3 Å². The fourth-order valence-corrected chi connectivity index (χ4v) is 7.41. The molecule has 1 saturated heterocycles. The van der Waals surface area contributed by atoms with Gasteiger partial charge in [0.15, 0.2) is 10.8 Å². The van der Waals surface area contributed by atoms with Crippen LogP contribution in [0.15, 0.2) is 81.9 Å². The summed E-state index contributed by atoms with van der Waals surface area (Å²) >= 11 is 7.79. The van der Waals surface area contributed by atoms with E-state index >= 15 is 0 Å². The molecular weight excluding hydrogens is 641 g/mol. The second kappa shape index (κ2) is 11.8. The Balaban J connectivity index is 1.46. The number of ether oxygens (including phenoxy) is 1. The van der Waals surface area contributed by atoms with Gasteiger partial charge in [0, 0.05) is 58.6 Å². The smallest absolute Gasteiger partial charge is 0.337 e. The Hall–Kier alpha value is -4.05. The Labute approximate surface area is 258 Å². The van der Waals surface area contributed by atoms with E-state index in [1.165, 1.54) is 60.9 Å². The summed E-state index contributed by atoms with van der Waals surface area (Å²) in [6.07, 6.45) is 2.84. The molecule has 0 saturated carbocycles. The second-order valence-electron chi connectivity index (χ2n) is 9.83. The van der Waals surface area contributed by atoms with Crippen molar-refractivity contribution < 1.29 is 31.1 Å². The lowest BCUT2D eigenvalue weighted by molar-refractivity contribution is 0.0563. The summed E-state index contributed by atoms with van der Waals surface area (Å²) in [4.78, 5) is 23.0. The van der Waals surface area contributed by atoms with Gasteiger partial charge in [0.05, 0.1) is 23.3 Å². The maximum absolute atomic E-state index is 14.0. The van der Waals surface area contributed by atoms with Crippen molar-refractivity contribution in [1.82, 2.24) is 24.4 Å². The Kier molecular flexibility index (Phi) is 8.04. The molecule has 1 N–H and O–H groups in total. The molecule has 2 aromatic carbocycles. The van der Waals surface area contributed by atoms with Crippen LogP contribution in [0, 0.1) is 5.82 Å². The first-order valence-electron chi connectivity index (χ1n) is 13.0. The number of amidine groups is 1. The Morgan fingerprint density at radius 1 is 1.20 bits per heavy atom. The molecule has 0 unspecified atom stereocenters. The van der Waals surface area contributed by atoms with Gasteiger partial charge in [-0.3, -0.25) is 4.99 Å². The van der Waals surface area contributed by atoms with E-state index in [2.05, 4.69) is 14.8 Å². The lowest BCUT2D eigenvalue weighted by atomic mass is 9.92. The molecule has 228 valence electrons. The standard InChI is InChI=1S/C28H22ClF3N6O4S2/c1-42-27(39)15-3-2-4-18(11-15)44(40,41)36-17-13-22-23(21-7-9-38(35-21)28(31)32)24(19-6-5-16(30)12-20(19)29)34-25(37(22)14-17)26-33-8-10-43-26/h2-12,17,24,28,36H,13-14H2,1H3/t17-,24-/m0/s1. The molecule has 16 heteroatoms. The van der Waals surface area contributed by atoms with E-state index in [-0.39, 0.29) is 34.1 Å². The van der Waals surface area contributed by atoms with Gasteiger partial charge in [0.25, 0.3) is 0 Å². The minimum Gasteiger partial charge on any atom is -0.465 e. The molecule has 2 aromatic heterocycles. The minimum atomic E-state index is -4.13. The van der Waals surface area contributed by atoms with Crippen LogP contribution in [0.3, 0.4) is 0 Å². The number of nitrogens with one attached hydrogen (secondary N) is 1. The minimum absolute atomic E-state index is 0.0658. The molecule has 0 bridgehead atoms. The summed E-state index contributed by atoms with van der Waals surface area (Å²) in [5.41, 5.74) is 1.61. The van der Waals surface area contributed by atoms with E-state index in [1.54, 1.807) is 16.5 Å². The van der Waals surface area contributed by atoms with Crippen molar-refractivity contribution in [3.05, 3.63) is 105 Å². The molecule has 0 aliphatic carbocycles. The van der Waals surface area contributed by atoms with Crippen molar-refractivity contribution in [2.24, 2.45) is 4.99 Å². The van der Waals surface area contributed by atoms with Gasteiger partial charge in [-0.15, -0.1) is 11.3 Å². The number of aliphatic imine (C=N–C) groups is 1. The van der Waals surface area contributed by atoms with Crippen molar-refractivity contribution >= 4 is 50.3 Å². The molecule has 1 fully saturated rings. The van der Waals surface area contributed by atoms with Crippen LogP contribution < -0.4 is 4.72 Å². The predicted molar refractivity (Wildman–Crippen MR) is 156 cm³/mol. The van der Waals surface area contributed by atoms with Gasteiger partial charge in [-0.1, -0.05) is 23.7 Å². The third-order valence-corrected chi connectivity index (χ3v) is 9.73. The van der Waals surface area contributed by atoms with Gasteiger partial charge < -0.3 is 9.64 Å². The summed E-state index contributed by atoms with van der Waals surface area (Å²) in [5, 5.41) is 6.43. The first kappa shape index (κ1) is 30.0. The van der Waals surface area contributed by atoms with Gasteiger partial charge in [0.1, 0.15) is 11.9 Å². The highest BCUT2D eigenvalue weighted by Crippen LogP contribution is 2.46. The van der Waals surface area contributed by atoms with Crippen LogP contribution in [-0.4, -0.2) is 59.6 Å². The van der Waals surface area contributed by atoms with Crippen molar-refractivity contribution in [1.29, 1.82) is 0 Å². The predicted octanol–water partition coefficient (Wildman–Crippen LogP) is 5.28. The largest absolute Gasteiger partial charge is 0.465 e. The molecule has 2 atom stereocenters. The van der Waals surface area contributed by atoms with E-state index in [0.29, 0.717) is 32.4 Å². The van der Waals surface area contributed by atoms with Gasteiger partial charge in [-0.25, -0.2) is 32.0 Å². The van der Waals surface area contributed by atoms with E-state index in [4.69, 9.17) is 21.3 Å². The first-order chi connectivity index (χ1) is 21.1. The van der Waals surface area contributed by atoms with Crippen molar-refractivity contribution in [3.63, 3.8) is 0 Å². The quantitative estimate of drug-likeness (QED) is 0.255. The number of methoxy groups -OCH3 is 1. The molecule has 0 amide bonds. The summed E-state index contributed by atoms with van der Waals surface area (Å²) in [7, 11) is -2.94. The second-order valence-corrected chi connectivity index (χ2v) is 12.8. The maximum atomic E-state index is 14.0. The van der Waals surface area contributed by atoms with E-state index in [1.807, 2.05) is 0 Å². The highest BCUT2D eigenvalue weighted by Gasteiger charge is 2.42. The number of sulfonamides is 1. The van der Waals surface area contributed by atoms with Crippen LogP contribution in [0.4, 0.5) is 13.2 Å². The topological polar surface area (TPSA) is 119 Å². The number of thiazole rings is 1. The molecule has 4 heterocycles. The van der Waals surface area contributed by atoms with Crippen LogP contribution in [0.25, 0.3) is 5.57 Å². The van der Waals surface area contributed by atoms with Gasteiger partial charge in [-0.05, 0) is 36.4 Å². The zero-order valence-electron chi connectivity index (χ0n) is 22.7. The zero-order valence-corrected chi connectivity index (χ0v) is 25.1. The van der Waals surface area contributed by atoms with Gasteiger partial charge in [0.2, 0.25) is 10.0 Å². The number of esters is 1. The van der Waals surface area contributed by atoms with Gasteiger partial charge in [-0.2, -0.15) is 13.9 Å². The summed E-state index contributed by atoms with van der Waals surface area (Å²) < 4.78 is 76.0. The van der Waals surface area contributed by atoms with E-state index in [9.17, 15) is 26.4 Å². The van der Waals surface area contributed by atoms with Crippen molar-refractivity contribution in [3.8, 4) is 0 Å². The highest BCUT2D eigenvalue weighted by atomic mass is 35.5. The zero-order chi connectivity index (χ0) is 31.2. The Morgan fingerprint density at radius 2 is 2.02 bits per heavy atom. The molecule has 6 rings (SSSR count). The van der Waals surface area contributed by atoms with Crippen LogP contribution in [0.2, 0.25) is 5.02 Å². The first-order valence-corrected chi connectivity index (χ1v) is 15.8. The molecule has 2 aliphatic rings. The van der Waals surface area contributed by atoms with Gasteiger partial charge >= 0.3 is 12.5 Å². The highest BCUT2D eigenvalue weighted by molar-refractivity contribution is 7.89. The van der Waals surface area contributed by atoms with Crippen LogP contribution in [0.1, 0.15) is 45.6 Å². The third-order valence-electron chi connectivity index (χ3n) is 7.11. The van der Waals surface area contributed by atoms with Crippen molar-refractivity contribution in [2.45, 2.75) is 29.9 Å². The molecule has 0 radical (unpaired) electrons. The number of hydrogen-bond donors (Lipinski definition) is 1. The summed E-state index contributed by atoms with van der Waals surface area (Å²) in [5.74, 6) is -0.845. The number of benzene rings is 2. The molecule has 4 aromatic rings. The normalized spacial score (nSPS) is 18.5. The van der Waals surface area contributed by atoms with Crippen LogP contribution >= 0.6 is 22.9 Å². The Bertz CT molecular complexity index is 1910. The fourth-order valence-electron chi connectivity index (χ4n) is 5.23. The maximum Gasteiger partial charge on any atom is 0.337 e. The average Bonchev–Trinajstić information content (AvgIpc) is 3.77. The number of hydrogen-bond acceptors (Lipinski definition) is 9. The molecule has 10 nitrogen and oxygen atoms in total. The Morgan fingerprint density at radius 3 is 2.70 bits per heavy atom. The molecular formula is C28H22ClF3N6O4S2. The summed E-state index contributed by atoms with van der Waals surface area (Å²) in [6.45, 7) is -2.78. The number of aromatic nitrogens is 3. The number of carbonyl (C=O) groups is 1. The number of carbonyl (C=O) groups excluding carboxylic acids is 1. The lowest BCUT2D eigenvalue weighted by Gasteiger charge is -2.32. The van der Waals surface area contributed by atoms with E-state index < -0.39 is 40.4 Å². The van der Waals surface area contributed by atoms with Crippen LogP contribution in [0.5, 0.6) is 0 Å². The van der Waals surface area contributed by atoms with Crippen molar-refractivity contribution in [2.75, 3.05) is 13.7 Å². The number of rotatable bonds is 8. The summed E-state index contributed by atoms with van der Waals surface area (Å²) in [6, 6.07) is 9.07. The third kappa shape index (κ3) is 5.63. The molecule has 2 aliphatic heterocycles. The average molecular weight is 663 g/mol.